The summed E-state index contributed by atoms with van der Waals surface area (Å²) in [6, 6.07) is 4.16. The van der Waals surface area contributed by atoms with Crippen molar-refractivity contribution in [1.29, 1.82) is 0 Å². The van der Waals surface area contributed by atoms with Gasteiger partial charge >= 0.3 is 0 Å². The fourth-order valence-corrected chi connectivity index (χ4v) is 4.42. The van der Waals surface area contributed by atoms with Gasteiger partial charge in [0.05, 0.1) is 0 Å². The van der Waals surface area contributed by atoms with E-state index >= 15 is 0 Å². The van der Waals surface area contributed by atoms with Crippen molar-refractivity contribution < 1.29 is 9.59 Å². The van der Waals surface area contributed by atoms with Gasteiger partial charge in [0, 0.05) is 23.9 Å². The first-order chi connectivity index (χ1) is 11.2. The van der Waals surface area contributed by atoms with Crippen molar-refractivity contribution in [3.05, 3.63) is 22.4 Å². The summed E-state index contributed by atoms with van der Waals surface area (Å²) in [6.07, 6.45) is 8.91. The molecular formula is C18H26N2O2S. The van der Waals surface area contributed by atoms with Gasteiger partial charge in [-0.2, -0.15) is 0 Å². The lowest BCUT2D eigenvalue weighted by Crippen LogP contribution is -2.49. The van der Waals surface area contributed by atoms with Crippen LogP contribution in [-0.2, 0) is 16.0 Å². The van der Waals surface area contributed by atoms with Gasteiger partial charge in [-0.25, -0.2) is 0 Å². The minimum absolute atomic E-state index is 0.0684. The molecule has 1 aromatic rings. The number of nitrogens with zero attached hydrogens (tertiary/aromatic N) is 1. The number of likely N-dealkylation sites (tertiary alicyclic amines) is 1. The summed E-state index contributed by atoms with van der Waals surface area (Å²) >= 11 is 1.69. The molecule has 0 unspecified atom stereocenters. The maximum absolute atomic E-state index is 12.6. The van der Waals surface area contributed by atoms with Crippen LogP contribution in [0.2, 0.25) is 0 Å². The van der Waals surface area contributed by atoms with Crippen molar-refractivity contribution in [2.75, 3.05) is 6.54 Å². The second-order valence-electron chi connectivity index (χ2n) is 6.67. The zero-order valence-corrected chi connectivity index (χ0v) is 14.4. The molecule has 126 valence electrons. The van der Waals surface area contributed by atoms with Crippen molar-refractivity contribution in [2.24, 2.45) is 0 Å². The Morgan fingerprint density at radius 2 is 2.00 bits per heavy atom. The van der Waals surface area contributed by atoms with Gasteiger partial charge in [-0.3, -0.25) is 9.59 Å². The molecule has 1 aliphatic heterocycles. The van der Waals surface area contributed by atoms with Gasteiger partial charge in [0.1, 0.15) is 6.04 Å². The maximum atomic E-state index is 12.6. The van der Waals surface area contributed by atoms with Crippen LogP contribution in [0.15, 0.2) is 17.5 Å². The molecule has 1 saturated heterocycles. The van der Waals surface area contributed by atoms with Gasteiger partial charge in [-0.15, -0.1) is 11.3 Å². The van der Waals surface area contributed by atoms with Crippen LogP contribution >= 0.6 is 11.3 Å². The number of carbonyl (C=O) groups is 2. The summed E-state index contributed by atoms with van der Waals surface area (Å²) in [5.41, 5.74) is 0. The van der Waals surface area contributed by atoms with Gasteiger partial charge in [-0.1, -0.05) is 25.3 Å². The van der Waals surface area contributed by atoms with E-state index in [-0.39, 0.29) is 17.9 Å². The predicted octanol–water partition coefficient (Wildman–Crippen LogP) is 3.12. The molecule has 4 nitrogen and oxygen atoms in total. The number of carbonyl (C=O) groups excluding carboxylic acids is 2. The first-order valence-electron chi connectivity index (χ1n) is 8.86. The topological polar surface area (TPSA) is 49.4 Å². The molecule has 0 radical (unpaired) electrons. The molecule has 1 N–H and O–H groups in total. The molecule has 0 bridgehead atoms. The monoisotopic (exact) mass is 334 g/mol. The van der Waals surface area contributed by atoms with Crippen molar-refractivity contribution in [1.82, 2.24) is 10.2 Å². The molecule has 1 aliphatic carbocycles. The normalized spacial score (nSPS) is 22.3. The quantitative estimate of drug-likeness (QED) is 0.899. The SMILES string of the molecule is O=C(NC1CCCCC1)[C@H]1CCCN1C(=O)CCc1cccs1. The van der Waals surface area contributed by atoms with Crippen molar-refractivity contribution in [3.8, 4) is 0 Å². The lowest BCUT2D eigenvalue weighted by molar-refractivity contribution is -0.138. The molecule has 3 rings (SSSR count). The molecule has 0 spiro atoms. The average Bonchev–Trinajstić information content (AvgIpc) is 3.25. The third kappa shape index (κ3) is 4.34. The lowest BCUT2D eigenvalue weighted by Gasteiger charge is -2.28. The highest BCUT2D eigenvalue weighted by Crippen LogP contribution is 2.22. The number of nitrogens with one attached hydrogen (secondary N) is 1. The van der Waals surface area contributed by atoms with Crippen molar-refractivity contribution in [2.45, 2.75) is 69.9 Å². The molecule has 2 fully saturated rings. The van der Waals surface area contributed by atoms with Gasteiger partial charge in [0.15, 0.2) is 0 Å². The second kappa shape index (κ2) is 7.95. The molecule has 1 saturated carbocycles. The van der Waals surface area contributed by atoms with Crippen LogP contribution in [0.5, 0.6) is 0 Å². The van der Waals surface area contributed by atoms with Gasteiger partial charge in [-0.05, 0) is 43.6 Å². The second-order valence-corrected chi connectivity index (χ2v) is 7.70. The number of amides is 2. The molecule has 2 heterocycles. The van der Waals surface area contributed by atoms with E-state index in [9.17, 15) is 9.59 Å². The van der Waals surface area contributed by atoms with Crippen molar-refractivity contribution >= 4 is 23.2 Å². The third-order valence-corrected chi connectivity index (χ3v) is 5.93. The molecule has 5 heteroatoms. The Kier molecular flexibility index (Phi) is 5.70. The summed E-state index contributed by atoms with van der Waals surface area (Å²) in [5, 5.41) is 5.22. The highest BCUT2D eigenvalue weighted by molar-refractivity contribution is 7.09. The van der Waals surface area contributed by atoms with E-state index < -0.39 is 0 Å². The van der Waals surface area contributed by atoms with Crippen LogP contribution in [0.3, 0.4) is 0 Å². The van der Waals surface area contributed by atoms with E-state index in [2.05, 4.69) is 11.4 Å². The number of hydrogen-bond acceptors (Lipinski definition) is 3. The summed E-state index contributed by atoms with van der Waals surface area (Å²) in [7, 11) is 0. The van der Waals surface area contributed by atoms with E-state index in [0.29, 0.717) is 12.5 Å². The molecule has 1 atom stereocenters. The maximum Gasteiger partial charge on any atom is 0.243 e. The largest absolute Gasteiger partial charge is 0.352 e. The Hall–Kier alpha value is -1.36. The number of rotatable bonds is 5. The Balaban J connectivity index is 1.51. The fraction of sp³-hybridized carbons (Fsp3) is 0.667. The summed E-state index contributed by atoms with van der Waals surface area (Å²) in [4.78, 5) is 28.1. The summed E-state index contributed by atoms with van der Waals surface area (Å²) in [5.74, 6) is 0.193. The zero-order valence-electron chi connectivity index (χ0n) is 13.6. The molecule has 2 aliphatic rings. The van der Waals surface area contributed by atoms with E-state index in [1.54, 1.807) is 11.3 Å². The van der Waals surface area contributed by atoms with E-state index in [1.165, 1.54) is 24.1 Å². The third-order valence-electron chi connectivity index (χ3n) is 4.99. The molecule has 0 aromatic carbocycles. The average molecular weight is 334 g/mol. The Labute approximate surface area is 142 Å². The number of hydrogen-bond donors (Lipinski definition) is 1. The molecular weight excluding hydrogens is 308 g/mol. The Morgan fingerprint density at radius 1 is 1.17 bits per heavy atom. The van der Waals surface area contributed by atoms with Crippen molar-refractivity contribution in [3.63, 3.8) is 0 Å². The van der Waals surface area contributed by atoms with Crippen LogP contribution in [0.4, 0.5) is 0 Å². The predicted molar refractivity (Wildman–Crippen MR) is 92.4 cm³/mol. The van der Waals surface area contributed by atoms with Crippen LogP contribution in [0, 0.1) is 0 Å². The molecule has 2 amide bonds. The van der Waals surface area contributed by atoms with Gasteiger partial charge in [0.25, 0.3) is 0 Å². The van der Waals surface area contributed by atoms with Crippen LogP contribution in [0.25, 0.3) is 0 Å². The van der Waals surface area contributed by atoms with Gasteiger partial charge in [0.2, 0.25) is 11.8 Å². The van der Waals surface area contributed by atoms with E-state index in [1.807, 2.05) is 16.3 Å². The smallest absolute Gasteiger partial charge is 0.243 e. The number of aryl methyl sites for hydroxylation is 1. The standard InChI is InChI=1S/C18H26N2O2S/c21-17(11-10-15-8-5-13-23-15)20-12-4-9-16(20)18(22)19-14-6-2-1-3-7-14/h5,8,13-14,16H,1-4,6-7,9-12H2,(H,19,22)/t16-/m1/s1. The fourth-order valence-electron chi connectivity index (χ4n) is 3.71. The minimum atomic E-state index is -0.243. The minimum Gasteiger partial charge on any atom is -0.352 e. The summed E-state index contributed by atoms with van der Waals surface area (Å²) < 4.78 is 0. The van der Waals surface area contributed by atoms with E-state index in [0.717, 1.165) is 38.6 Å². The highest BCUT2D eigenvalue weighted by atomic mass is 32.1. The van der Waals surface area contributed by atoms with Crippen LogP contribution in [0.1, 0.15) is 56.2 Å². The zero-order chi connectivity index (χ0) is 16.1. The van der Waals surface area contributed by atoms with Gasteiger partial charge < -0.3 is 10.2 Å². The Bertz CT molecular complexity index is 523. The van der Waals surface area contributed by atoms with E-state index in [4.69, 9.17) is 0 Å². The van der Waals surface area contributed by atoms with Crippen LogP contribution in [-0.4, -0.2) is 35.3 Å². The lowest BCUT2D eigenvalue weighted by atomic mass is 9.95. The first-order valence-corrected chi connectivity index (χ1v) is 9.74. The first kappa shape index (κ1) is 16.5. The number of thiophene rings is 1. The Morgan fingerprint density at radius 3 is 2.74 bits per heavy atom. The molecule has 23 heavy (non-hydrogen) atoms. The summed E-state index contributed by atoms with van der Waals surface area (Å²) in [6.45, 7) is 0.728. The van der Waals surface area contributed by atoms with Crippen LogP contribution < -0.4 is 5.32 Å². The molecule has 1 aromatic heterocycles. The highest BCUT2D eigenvalue weighted by Gasteiger charge is 2.34.